The highest BCUT2D eigenvalue weighted by atomic mass is 16.5. The number of aromatic nitrogens is 4. The average Bonchev–Trinajstić information content (AvgIpc) is 3.30. The number of benzene rings is 2. The molecule has 0 aliphatic rings. The molecular weight excluding hydrogens is 410 g/mol. The standard InChI is InChI=1S/C22H21N7O3/c1-32-17-4-2-3-15(9-17)12-24-20(30)18-10-19(29-22(28-18)26-13-27-29)21(31)25-11-14-5-7-16(23)8-6-14/h2-10,13H,11-12,23H2,1H3,(H,24,30)(H,25,31). The van der Waals surface area contributed by atoms with Crippen molar-refractivity contribution in [3.8, 4) is 5.75 Å². The molecule has 0 radical (unpaired) electrons. The van der Waals surface area contributed by atoms with E-state index in [0.717, 1.165) is 11.1 Å². The minimum Gasteiger partial charge on any atom is -0.497 e. The summed E-state index contributed by atoms with van der Waals surface area (Å²) in [7, 11) is 1.58. The Balaban J connectivity index is 1.50. The smallest absolute Gasteiger partial charge is 0.270 e. The third-order valence-corrected chi connectivity index (χ3v) is 4.74. The van der Waals surface area contributed by atoms with E-state index in [1.807, 2.05) is 36.4 Å². The largest absolute Gasteiger partial charge is 0.497 e. The van der Waals surface area contributed by atoms with E-state index in [9.17, 15) is 9.59 Å². The van der Waals surface area contributed by atoms with E-state index < -0.39 is 11.8 Å². The van der Waals surface area contributed by atoms with Crippen LogP contribution in [-0.4, -0.2) is 38.5 Å². The molecule has 2 aromatic heterocycles. The number of nitrogens with one attached hydrogen (secondary N) is 2. The molecule has 0 unspecified atom stereocenters. The SMILES string of the molecule is COc1cccc(CNC(=O)c2cc(C(=O)NCc3ccc(N)cc3)n3ncnc3n2)c1. The predicted molar refractivity (Wildman–Crippen MR) is 117 cm³/mol. The Bertz CT molecular complexity index is 1270. The first-order valence-corrected chi connectivity index (χ1v) is 9.78. The first-order chi connectivity index (χ1) is 15.5. The maximum atomic E-state index is 12.8. The van der Waals surface area contributed by atoms with Gasteiger partial charge in [0, 0.05) is 24.8 Å². The van der Waals surface area contributed by atoms with Crippen LogP contribution in [0, 0.1) is 0 Å². The van der Waals surface area contributed by atoms with Crippen molar-refractivity contribution in [1.29, 1.82) is 0 Å². The lowest BCUT2D eigenvalue weighted by Crippen LogP contribution is -2.28. The normalized spacial score (nSPS) is 10.7. The monoisotopic (exact) mass is 431 g/mol. The van der Waals surface area contributed by atoms with Gasteiger partial charge in [0.1, 0.15) is 23.5 Å². The van der Waals surface area contributed by atoms with E-state index >= 15 is 0 Å². The van der Waals surface area contributed by atoms with Gasteiger partial charge in [-0.1, -0.05) is 24.3 Å². The number of rotatable bonds is 7. The molecule has 2 aromatic carbocycles. The van der Waals surface area contributed by atoms with Crippen molar-refractivity contribution in [2.24, 2.45) is 0 Å². The Kier molecular flexibility index (Phi) is 5.93. The molecule has 10 nitrogen and oxygen atoms in total. The van der Waals surface area contributed by atoms with Gasteiger partial charge in [-0.25, -0.2) is 4.98 Å². The van der Waals surface area contributed by atoms with Crippen molar-refractivity contribution in [2.75, 3.05) is 12.8 Å². The number of nitrogens with zero attached hydrogens (tertiary/aromatic N) is 4. The van der Waals surface area contributed by atoms with Crippen molar-refractivity contribution in [1.82, 2.24) is 30.2 Å². The predicted octanol–water partition coefficient (Wildman–Crippen LogP) is 1.58. The van der Waals surface area contributed by atoms with Crippen LogP contribution in [0.4, 0.5) is 5.69 Å². The van der Waals surface area contributed by atoms with Crippen LogP contribution in [0.15, 0.2) is 60.9 Å². The van der Waals surface area contributed by atoms with Crippen molar-refractivity contribution >= 4 is 23.3 Å². The first-order valence-electron chi connectivity index (χ1n) is 9.78. The molecule has 0 saturated carbocycles. The fourth-order valence-corrected chi connectivity index (χ4v) is 3.05. The summed E-state index contributed by atoms with van der Waals surface area (Å²) in [4.78, 5) is 33.8. The van der Waals surface area contributed by atoms with Crippen molar-refractivity contribution in [3.63, 3.8) is 0 Å². The van der Waals surface area contributed by atoms with Crippen LogP contribution in [0.25, 0.3) is 5.78 Å². The van der Waals surface area contributed by atoms with E-state index in [-0.39, 0.29) is 30.3 Å². The van der Waals surface area contributed by atoms with Crippen LogP contribution >= 0.6 is 0 Å². The molecule has 0 saturated heterocycles. The Hall–Kier alpha value is -4.47. The highest BCUT2D eigenvalue weighted by molar-refractivity contribution is 5.98. The van der Waals surface area contributed by atoms with Crippen LogP contribution in [0.5, 0.6) is 5.75 Å². The topological polar surface area (TPSA) is 137 Å². The molecule has 0 spiro atoms. The zero-order chi connectivity index (χ0) is 22.5. The molecule has 162 valence electrons. The quantitative estimate of drug-likeness (QED) is 0.378. The maximum absolute atomic E-state index is 12.8. The Morgan fingerprint density at radius 3 is 2.53 bits per heavy atom. The van der Waals surface area contributed by atoms with Crippen LogP contribution in [0.1, 0.15) is 32.1 Å². The number of ether oxygens (including phenoxy) is 1. The summed E-state index contributed by atoms with van der Waals surface area (Å²) in [6.45, 7) is 0.559. The molecule has 10 heteroatoms. The lowest BCUT2D eigenvalue weighted by Gasteiger charge is -2.10. The number of fused-ring (bicyclic) bond motifs is 1. The fourth-order valence-electron chi connectivity index (χ4n) is 3.05. The molecular formula is C22H21N7O3. The van der Waals surface area contributed by atoms with E-state index in [1.165, 1.54) is 16.9 Å². The van der Waals surface area contributed by atoms with Gasteiger partial charge in [0.05, 0.1) is 7.11 Å². The van der Waals surface area contributed by atoms with Crippen molar-refractivity contribution in [2.45, 2.75) is 13.1 Å². The van der Waals surface area contributed by atoms with Crippen molar-refractivity contribution < 1.29 is 14.3 Å². The van der Waals surface area contributed by atoms with Crippen LogP contribution in [0.2, 0.25) is 0 Å². The average molecular weight is 431 g/mol. The van der Waals surface area contributed by atoms with Crippen molar-refractivity contribution in [3.05, 3.63) is 83.4 Å². The van der Waals surface area contributed by atoms with Gasteiger partial charge < -0.3 is 21.1 Å². The minimum atomic E-state index is -0.439. The third kappa shape index (κ3) is 4.64. The molecule has 0 bridgehead atoms. The Labute approximate surface area is 183 Å². The second-order valence-electron chi connectivity index (χ2n) is 6.96. The maximum Gasteiger partial charge on any atom is 0.270 e. The summed E-state index contributed by atoms with van der Waals surface area (Å²) in [6.07, 6.45) is 1.27. The molecule has 4 aromatic rings. The number of nitrogens with two attached hydrogens (primary N) is 1. The Morgan fingerprint density at radius 1 is 1.00 bits per heavy atom. The molecule has 4 N–H and O–H groups in total. The van der Waals surface area contributed by atoms with Gasteiger partial charge in [0.25, 0.3) is 17.6 Å². The number of nitrogen functional groups attached to an aromatic ring is 1. The van der Waals surface area contributed by atoms with Gasteiger partial charge in [0.15, 0.2) is 0 Å². The molecule has 0 fully saturated rings. The van der Waals surface area contributed by atoms with Gasteiger partial charge >= 0.3 is 0 Å². The zero-order valence-corrected chi connectivity index (χ0v) is 17.3. The minimum absolute atomic E-state index is 0.0611. The molecule has 2 amide bonds. The molecule has 4 rings (SSSR count). The third-order valence-electron chi connectivity index (χ3n) is 4.74. The number of methoxy groups -OCH3 is 1. The summed E-state index contributed by atoms with van der Waals surface area (Å²) < 4.78 is 6.48. The van der Waals surface area contributed by atoms with E-state index in [1.54, 1.807) is 19.2 Å². The highest BCUT2D eigenvalue weighted by Gasteiger charge is 2.18. The molecule has 2 heterocycles. The molecule has 0 aliphatic heterocycles. The summed E-state index contributed by atoms with van der Waals surface area (Å²) in [5, 5.41) is 9.65. The van der Waals surface area contributed by atoms with Crippen LogP contribution < -0.4 is 21.1 Å². The van der Waals surface area contributed by atoms with E-state index in [4.69, 9.17) is 10.5 Å². The summed E-state index contributed by atoms with van der Waals surface area (Å²) >= 11 is 0. The number of anilines is 1. The molecule has 0 atom stereocenters. The van der Waals surface area contributed by atoms with E-state index in [0.29, 0.717) is 11.4 Å². The number of carbonyl (C=O) groups excluding carboxylic acids is 2. The Morgan fingerprint density at radius 2 is 1.75 bits per heavy atom. The summed E-state index contributed by atoms with van der Waals surface area (Å²) in [6, 6.07) is 15.9. The van der Waals surface area contributed by atoms with Crippen LogP contribution in [-0.2, 0) is 13.1 Å². The zero-order valence-electron chi connectivity index (χ0n) is 17.3. The fraction of sp³-hybridized carbons (Fsp3) is 0.136. The lowest BCUT2D eigenvalue weighted by atomic mass is 10.2. The van der Waals surface area contributed by atoms with Gasteiger partial charge in [0.2, 0.25) is 0 Å². The highest BCUT2D eigenvalue weighted by Crippen LogP contribution is 2.13. The molecule has 0 aliphatic carbocycles. The summed E-state index contributed by atoms with van der Waals surface area (Å²) in [5.41, 5.74) is 8.28. The molecule has 32 heavy (non-hydrogen) atoms. The number of carbonyl (C=O) groups is 2. The number of hydrogen-bond acceptors (Lipinski definition) is 7. The number of amides is 2. The van der Waals surface area contributed by atoms with E-state index in [2.05, 4.69) is 25.7 Å². The summed E-state index contributed by atoms with van der Waals surface area (Å²) in [5.74, 6) is -0.0102. The lowest BCUT2D eigenvalue weighted by molar-refractivity contribution is 0.0942. The second-order valence-corrected chi connectivity index (χ2v) is 6.96. The van der Waals surface area contributed by atoms with Crippen LogP contribution in [0.3, 0.4) is 0 Å². The first kappa shape index (κ1) is 20.8. The van der Waals surface area contributed by atoms with Gasteiger partial charge in [-0.15, -0.1) is 0 Å². The van der Waals surface area contributed by atoms with Gasteiger partial charge in [-0.05, 0) is 35.4 Å². The number of hydrogen-bond donors (Lipinski definition) is 3. The second kappa shape index (κ2) is 9.13. The van der Waals surface area contributed by atoms with Gasteiger partial charge in [-0.2, -0.15) is 14.6 Å². The van der Waals surface area contributed by atoms with Gasteiger partial charge in [-0.3, -0.25) is 9.59 Å².